The lowest BCUT2D eigenvalue weighted by Gasteiger charge is -2.31. The Balaban J connectivity index is 0.898. The highest BCUT2D eigenvalue weighted by Crippen LogP contribution is 2.42. The lowest BCUT2D eigenvalue weighted by atomic mass is 9.93. The quantitative estimate of drug-likeness (QED) is 0.136. The summed E-state index contributed by atoms with van der Waals surface area (Å²) in [6.45, 7) is 0. The number of nitrogens with zero attached hydrogens (tertiary/aromatic N) is 3. The molecule has 0 spiro atoms. The zero-order chi connectivity index (χ0) is 43.8. The number of hydrogen-bond acceptors (Lipinski definition) is 4. The van der Waals surface area contributed by atoms with Gasteiger partial charge in [0.05, 0.1) is 17.1 Å². The molecule has 0 saturated carbocycles. The van der Waals surface area contributed by atoms with E-state index in [1.807, 2.05) is 18.2 Å². The molecule has 2 aromatic heterocycles. The predicted octanol–water partition coefficient (Wildman–Crippen LogP) is 16.4. The van der Waals surface area contributed by atoms with E-state index in [4.69, 9.17) is 14.4 Å². The molecule has 0 radical (unpaired) electrons. The molecule has 2 aliphatic rings. The number of para-hydroxylation sites is 2. The average Bonchev–Trinajstić information content (AvgIpc) is 3.78. The Kier molecular flexibility index (Phi) is 9.85. The minimum absolute atomic E-state index is 0.678. The molecule has 4 nitrogen and oxygen atoms in total. The summed E-state index contributed by atoms with van der Waals surface area (Å²) in [5.74, 6) is 0.678. The maximum absolute atomic E-state index is 6.67. The molecule has 66 heavy (non-hydrogen) atoms. The average molecular weight is 844 g/mol. The normalized spacial score (nSPS) is 13.2. The van der Waals surface area contributed by atoms with Crippen molar-refractivity contribution < 1.29 is 4.42 Å². The SMILES string of the molecule is C1=C=C(c2ccccc2N(C2=CC=C(c3ccc4c(c3)oc3cccc(-c5cccc(-c6nc(-c7ccccc7)cc(-c7ccc8ccccc8c7)n6)c5)c34)CC2)c2ccccc2)C=CC=1. The lowest BCUT2D eigenvalue weighted by molar-refractivity contribution is 0.669. The van der Waals surface area contributed by atoms with Gasteiger partial charge in [0, 0.05) is 50.0 Å². The van der Waals surface area contributed by atoms with Crippen molar-refractivity contribution in [2.75, 3.05) is 4.90 Å². The Labute approximate surface area is 383 Å². The fourth-order valence-corrected chi connectivity index (χ4v) is 9.42. The van der Waals surface area contributed by atoms with Gasteiger partial charge >= 0.3 is 0 Å². The highest BCUT2D eigenvalue weighted by atomic mass is 16.3. The molecule has 0 amide bonds. The summed E-state index contributed by atoms with van der Waals surface area (Å²) in [5.41, 5.74) is 23.2. The van der Waals surface area contributed by atoms with Crippen LogP contribution in [0, 0.1) is 0 Å². The first kappa shape index (κ1) is 38.9. The Morgan fingerprint density at radius 1 is 0.500 bits per heavy atom. The Morgan fingerprint density at radius 2 is 1.23 bits per heavy atom. The highest BCUT2D eigenvalue weighted by Gasteiger charge is 2.22. The van der Waals surface area contributed by atoms with Crippen LogP contribution in [0.25, 0.3) is 88.9 Å². The molecule has 10 aromatic rings. The van der Waals surface area contributed by atoms with Crippen molar-refractivity contribution >= 4 is 55.2 Å². The van der Waals surface area contributed by atoms with Crippen molar-refractivity contribution in [3.05, 3.63) is 253 Å². The maximum Gasteiger partial charge on any atom is 0.160 e. The van der Waals surface area contributed by atoms with Crippen molar-refractivity contribution in [2.24, 2.45) is 0 Å². The summed E-state index contributed by atoms with van der Waals surface area (Å²) in [7, 11) is 0. The molecule has 8 aromatic carbocycles. The van der Waals surface area contributed by atoms with Crippen molar-refractivity contribution in [3.8, 4) is 45.0 Å². The van der Waals surface area contributed by atoms with E-state index < -0.39 is 0 Å². The first-order valence-corrected chi connectivity index (χ1v) is 22.4. The summed E-state index contributed by atoms with van der Waals surface area (Å²) < 4.78 is 6.67. The largest absolute Gasteiger partial charge is 0.456 e. The van der Waals surface area contributed by atoms with Gasteiger partial charge in [-0.3, -0.25) is 0 Å². The Hall–Kier alpha value is -8.78. The summed E-state index contributed by atoms with van der Waals surface area (Å²) >= 11 is 0. The molecule has 4 heteroatoms. The smallest absolute Gasteiger partial charge is 0.160 e. The molecular weight excluding hydrogens is 803 g/mol. The van der Waals surface area contributed by atoms with E-state index >= 15 is 0 Å². The second-order valence-electron chi connectivity index (χ2n) is 16.7. The van der Waals surface area contributed by atoms with Crippen LogP contribution >= 0.6 is 0 Å². The van der Waals surface area contributed by atoms with Gasteiger partial charge in [-0.15, -0.1) is 0 Å². The van der Waals surface area contributed by atoms with Crippen LogP contribution in [0.4, 0.5) is 11.4 Å². The summed E-state index contributed by atoms with van der Waals surface area (Å²) in [6.07, 6.45) is 12.3. The van der Waals surface area contributed by atoms with Crippen molar-refractivity contribution in [3.63, 3.8) is 0 Å². The molecule has 310 valence electrons. The first-order valence-electron chi connectivity index (χ1n) is 22.4. The number of hydrogen-bond donors (Lipinski definition) is 0. The molecule has 0 unspecified atom stereocenters. The molecule has 0 bridgehead atoms. The van der Waals surface area contributed by atoms with Crippen LogP contribution in [0.15, 0.2) is 246 Å². The van der Waals surface area contributed by atoms with Gasteiger partial charge in [0.25, 0.3) is 0 Å². The zero-order valence-electron chi connectivity index (χ0n) is 36.0. The van der Waals surface area contributed by atoms with Gasteiger partial charge in [-0.2, -0.15) is 0 Å². The van der Waals surface area contributed by atoms with Gasteiger partial charge in [-0.25, -0.2) is 9.97 Å². The standard InChI is InChI=1S/C62H41N3O/c1-4-17-44(18-5-1)53-26-12-13-28-58(53)65(51-24-8-3-9-25-51)52-35-32-43(33-36-52)47-34-37-55-60(40-47)66-59-29-15-27-54(61(55)59)48-22-14-23-50(39-48)62-63-56(45-19-6-2-7-20-45)41-57(64-62)49-31-30-42-16-10-11-21-46(42)38-49/h1-4,6-17,19-32,34-35,37-41H,33,36H2. The van der Waals surface area contributed by atoms with Crippen LogP contribution in [0.3, 0.4) is 0 Å². The second kappa shape index (κ2) is 16.7. The topological polar surface area (TPSA) is 42.2 Å². The summed E-state index contributed by atoms with van der Waals surface area (Å²) in [5, 5.41) is 4.56. The number of benzene rings is 8. The van der Waals surface area contributed by atoms with E-state index in [1.54, 1.807) is 0 Å². The molecule has 0 aliphatic heterocycles. The van der Waals surface area contributed by atoms with Crippen LogP contribution in [0.2, 0.25) is 0 Å². The third-order valence-corrected chi connectivity index (χ3v) is 12.7. The fraction of sp³-hybridized carbons (Fsp3) is 0.0323. The van der Waals surface area contributed by atoms with E-state index in [0.717, 1.165) is 96.5 Å². The molecule has 2 heterocycles. The molecule has 0 atom stereocenters. The van der Waals surface area contributed by atoms with Gasteiger partial charge in [0.2, 0.25) is 0 Å². The zero-order valence-corrected chi connectivity index (χ0v) is 36.0. The van der Waals surface area contributed by atoms with Crippen LogP contribution < -0.4 is 4.90 Å². The van der Waals surface area contributed by atoms with Gasteiger partial charge in [0.15, 0.2) is 5.82 Å². The van der Waals surface area contributed by atoms with Crippen molar-refractivity contribution in [1.82, 2.24) is 9.97 Å². The Bertz CT molecular complexity index is 3730. The molecule has 0 saturated heterocycles. The van der Waals surface area contributed by atoms with E-state index in [2.05, 4.69) is 223 Å². The summed E-state index contributed by atoms with van der Waals surface area (Å²) in [6, 6.07) is 68.2. The van der Waals surface area contributed by atoms with Crippen molar-refractivity contribution in [1.29, 1.82) is 0 Å². The number of allylic oxidation sites excluding steroid dienone is 8. The van der Waals surface area contributed by atoms with E-state index in [9.17, 15) is 0 Å². The van der Waals surface area contributed by atoms with E-state index in [0.29, 0.717) is 5.82 Å². The first-order chi connectivity index (χ1) is 32.7. The Morgan fingerprint density at radius 3 is 2.06 bits per heavy atom. The van der Waals surface area contributed by atoms with E-state index in [-0.39, 0.29) is 0 Å². The number of aromatic nitrogens is 2. The molecular formula is C62H41N3O. The third-order valence-electron chi connectivity index (χ3n) is 12.7. The fourth-order valence-electron chi connectivity index (χ4n) is 9.42. The number of anilines is 2. The minimum atomic E-state index is 0.678. The van der Waals surface area contributed by atoms with Crippen molar-refractivity contribution in [2.45, 2.75) is 12.8 Å². The van der Waals surface area contributed by atoms with Crippen LogP contribution in [0.1, 0.15) is 24.0 Å². The molecule has 0 fully saturated rings. The van der Waals surface area contributed by atoms with Crippen LogP contribution in [0.5, 0.6) is 0 Å². The number of furan rings is 1. The molecule has 12 rings (SSSR count). The van der Waals surface area contributed by atoms with E-state index in [1.165, 1.54) is 27.6 Å². The highest BCUT2D eigenvalue weighted by molar-refractivity contribution is 6.13. The number of fused-ring (bicyclic) bond motifs is 4. The minimum Gasteiger partial charge on any atom is -0.456 e. The van der Waals surface area contributed by atoms with Gasteiger partial charge in [0.1, 0.15) is 11.2 Å². The summed E-state index contributed by atoms with van der Waals surface area (Å²) in [4.78, 5) is 12.8. The maximum atomic E-state index is 6.67. The lowest BCUT2D eigenvalue weighted by Crippen LogP contribution is -2.19. The molecule has 2 aliphatic carbocycles. The van der Waals surface area contributed by atoms with Gasteiger partial charge in [-0.05, 0) is 119 Å². The third kappa shape index (κ3) is 7.29. The monoisotopic (exact) mass is 843 g/mol. The molecule has 0 N–H and O–H groups in total. The van der Waals surface area contributed by atoms with Crippen LogP contribution in [-0.2, 0) is 0 Å². The predicted molar refractivity (Wildman–Crippen MR) is 273 cm³/mol. The second-order valence-corrected chi connectivity index (χ2v) is 16.7. The van der Waals surface area contributed by atoms with Gasteiger partial charge in [-0.1, -0.05) is 163 Å². The number of rotatable bonds is 9. The van der Waals surface area contributed by atoms with Crippen LogP contribution in [-0.4, -0.2) is 9.97 Å². The van der Waals surface area contributed by atoms with Gasteiger partial charge < -0.3 is 9.32 Å².